The summed E-state index contributed by atoms with van der Waals surface area (Å²) in [5.74, 6) is -3.58. The Kier molecular flexibility index (Phi) is 10.5. The van der Waals surface area contributed by atoms with Crippen molar-refractivity contribution in [2.24, 2.45) is 0 Å². The molecule has 4 rings (SSSR count). The molecular weight excluding hydrogens is 677 g/mol. The van der Waals surface area contributed by atoms with Gasteiger partial charge in [-0.15, -0.1) is 0 Å². The number of carbonyl (C=O) groups excluding carboxylic acids is 4. The van der Waals surface area contributed by atoms with E-state index in [9.17, 15) is 45.5 Å². The van der Waals surface area contributed by atoms with Gasteiger partial charge in [0.2, 0.25) is 5.41 Å². The normalized spacial score (nSPS) is 11.9. The van der Waals surface area contributed by atoms with Gasteiger partial charge in [0.1, 0.15) is 0 Å². The van der Waals surface area contributed by atoms with Gasteiger partial charge >= 0.3 is 24.3 Å². The Hall–Kier alpha value is -4.68. The standard InChI is InChI=1S/C33H20Cl2F6O6/c34-25-13-5-19(6-14-25)27(42)17-46-29(44)21-1-9-23(10-2-21)31(32(36,37)38,33(39,40)41)24-11-3-22(4-12-24)30(45)47-18-28(43)20-7-15-26(35)16-8-20/h1-16H,17-18H2. The summed E-state index contributed by atoms with van der Waals surface area (Å²) in [5.41, 5.74) is -7.67. The first-order valence-electron chi connectivity index (χ1n) is 13.3. The molecule has 0 radical (unpaired) electrons. The quantitative estimate of drug-likeness (QED) is 0.0939. The van der Waals surface area contributed by atoms with Crippen LogP contribution in [0.3, 0.4) is 0 Å². The molecule has 0 fully saturated rings. The summed E-state index contributed by atoms with van der Waals surface area (Å²) in [5, 5.41) is 0.703. The topological polar surface area (TPSA) is 86.7 Å². The van der Waals surface area contributed by atoms with Crippen LogP contribution in [0.25, 0.3) is 0 Å². The summed E-state index contributed by atoms with van der Waals surface area (Å²) >= 11 is 11.5. The monoisotopic (exact) mass is 696 g/mol. The van der Waals surface area contributed by atoms with Crippen molar-refractivity contribution < 1.29 is 55.0 Å². The number of halogens is 8. The highest BCUT2D eigenvalue weighted by molar-refractivity contribution is 6.31. The van der Waals surface area contributed by atoms with Gasteiger partial charge < -0.3 is 9.47 Å². The van der Waals surface area contributed by atoms with Gasteiger partial charge in [0.25, 0.3) is 0 Å². The van der Waals surface area contributed by atoms with E-state index in [1.807, 2.05) is 0 Å². The van der Waals surface area contributed by atoms with Crippen LogP contribution < -0.4 is 0 Å². The summed E-state index contributed by atoms with van der Waals surface area (Å²) in [4.78, 5) is 49.4. The van der Waals surface area contributed by atoms with Gasteiger partial charge in [-0.3, -0.25) is 9.59 Å². The molecule has 4 aromatic rings. The summed E-state index contributed by atoms with van der Waals surface area (Å²) in [7, 11) is 0. The number of ketones is 2. The molecule has 0 saturated carbocycles. The minimum atomic E-state index is -5.95. The van der Waals surface area contributed by atoms with E-state index < -0.39 is 76.7 Å². The van der Waals surface area contributed by atoms with Crippen LogP contribution in [0.4, 0.5) is 26.3 Å². The fourth-order valence-electron chi connectivity index (χ4n) is 4.56. The number of hydrogen-bond donors (Lipinski definition) is 0. The Morgan fingerprint density at radius 2 is 0.745 bits per heavy atom. The second kappa shape index (κ2) is 14.0. The molecule has 0 spiro atoms. The number of rotatable bonds is 10. The number of carbonyl (C=O) groups is 4. The molecule has 0 aliphatic heterocycles. The molecule has 6 nitrogen and oxygen atoms in total. The average Bonchev–Trinajstić information content (AvgIpc) is 3.02. The molecule has 0 unspecified atom stereocenters. The molecule has 14 heteroatoms. The lowest BCUT2D eigenvalue weighted by Gasteiger charge is -2.38. The van der Waals surface area contributed by atoms with E-state index in [1.54, 1.807) is 0 Å². The highest BCUT2D eigenvalue weighted by atomic mass is 35.5. The molecule has 0 aliphatic rings. The van der Waals surface area contributed by atoms with E-state index >= 15 is 0 Å². The maximum Gasteiger partial charge on any atom is 0.411 e. The third-order valence-corrected chi connectivity index (χ3v) is 7.46. The summed E-state index contributed by atoms with van der Waals surface area (Å²) in [6.45, 7) is -1.50. The van der Waals surface area contributed by atoms with Crippen LogP contribution in [-0.4, -0.2) is 49.1 Å². The first-order valence-corrected chi connectivity index (χ1v) is 14.1. The first kappa shape index (κ1) is 35.2. The number of hydrogen-bond acceptors (Lipinski definition) is 6. The first-order chi connectivity index (χ1) is 22.0. The number of benzene rings is 4. The minimum absolute atomic E-state index is 0.156. The van der Waals surface area contributed by atoms with Gasteiger partial charge in [0, 0.05) is 21.2 Å². The Bertz CT molecular complexity index is 1630. The molecule has 0 aliphatic carbocycles. The third kappa shape index (κ3) is 7.66. The van der Waals surface area contributed by atoms with Crippen LogP contribution in [-0.2, 0) is 14.9 Å². The third-order valence-electron chi connectivity index (χ3n) is 6.96. The van der Waals surface area contributed by atoms with Gasteiger partial charge in [-0.2, -0.15) is 26.3 Å². The number of Topliss-reactive ketones (excluding diaryl/α,β-unsaturated/α-hetero) is 2. The van der Waals surface area contributed by atoms with E-state index in [1.165, 1.54) is 48.5 Å². The fourth-order valence-corrected chi connectivity index (χ4v) is 4.81. The van der Waals surface area contributed by atoms with E-state index in [0.29, 0.717) is 58.6 Å². The van der Waals surface area contributed by atoms with Crippen molar-refractivity contribution in [1.29, 1.82) is 0 Å². The van der Waals surface area contributed by atoms with Gasteiger partial charge in [-0.25, -0.2) is 9.59 Å². The molecule has 0 saturated heterocycles. The molecule has 0 amide bonds. The predicted octanol–water partition coefficient (Wildman–Crippen LogP) is 8.48. The van der Waals surface area contributed by atoms with Crippen molar-refractivity contribution >= 4 is 46.7 Å². The number of esters is 2. The van der Waals surface area contributed by atoms with Crippen LogP contribution in [0, 0.1) is 0 Å². The SMILES string of the molecule is O=C(COC(=O)c1ccc(C(c2ccc(C(=O)OCC(=O)c3ccc(Cl)cc3)cc2)(C(F)(F)F)C(F)(F)F)cc1)c1ccc(Cl)cc1. The van der Waals surface area contributed by atoms with Gasteiger partial charge in [-0.05, 0) is 83.9 Å². The van der Waals surface area contributed by atoms with Crippen LogP contribution in [0.15, 0.2) is 97.1 Å². The zero-order valence-corrected chi connectivity index (χ0v) is 25.1. The summed E-state index contributed by atoms with van der Waals surface area (Å²) in [6.07, 6.45) is -11.9. The van der Waals surface area contributed by atoms with Crippen molar-refractivity contribution in [3.05, 3.63) is 140 Å². The molecule has 0 atom stereocenters. The Morgan fingerprint density at radius 1 is 0.468 bits per heavy atom. The second-order valence-corrected chi connectivity index (χ2v) is 10.8. The van der Waals surface area contributed by atoms with E-state index in [2.05, 4.69) is 0 Å². The van der Waals surface area contributed by atoms with E-state index in [4.69, 9.17) is 32.7 Å². The molecular formula is C33H20Cl2F6O6. The smallest absolute Gasteiger partial charge is 0.411 e. The van der Waals surface area contributed by atoms with Crippen molar-refractivity contribution in [1.82, 2.24) is 0 Å². The van der Waals surface area contributed by atoms with Crippen molar-refractivity contribution in [2.75, 3.05) is 13.2 Å². The predicted molar refractivity (Wildman–Crippen MR) is 158 cm³/mol. The Morgan fingerprint density at radius 3 is 1.02 bits per heavy atom. The Balaban J connectivity index is 1.55. The highest BCUT2D eigenvalue weighted by Gasteiger charge is 2.72. The van der Waals surface area contributed by atoms with Gasteiger partial charge in [0.15, 0.2) is 24.8 Å². The van der Waals surface area contributed by atoms with Crippen LogP contribution in [0.5, 0.6) is 0 Å². The summed E-state index contributed by atoms with van der Waals surface area (Å²) in [6, 6.07) is 15.9. The molecule has 244 valence electrons. The van der Waals surface area contributed by atoms with Crippen LogP contribution >= 0.6 is 23.2 Å². The van der Waals surface area contributed by atoms with Crippen LogP contribution in [0.1, 0.15) is 52.6 Å². The van der Waals surface area contributed by atoms with Gasteiger partial charge in [0.05, 0.1) is 11.1 Å². The molecule has 0 bridgehead atoms. The second-order valence-electron chi connectivity index (χ2n) is 9.91. The lowest BCUT2D eigenvalue weighted by atomic mass is 9.72. The van der Waals surface area contributed by atoms with Gasteiger partial charge in [-0.1, -0.05) is 47.5 Å². The fraction of sp³-hybridized carbons (Fsp3) is 0.152. The van der Waals surface area contributed by atoms with Crippen LogP contribution in [0.2, 0.25) is 10.0 Å². The minimum Gasteiger partial charge on any atom is -0.454 e. The Labute approximate surface area is 272 Å². The summed E-state index contributed by atoms with van der Waals surface area (Å²) < 4.78 is 97.1. The maximum atomic E-state index is 14.6. The van der Waals surface area contributed by atoms with Crippen molar-refractivity contribution in [3.63, 3.8) is 0 Å². The molecule has 0 N–H and O–H groups in total. The zero-order chi connectivity index (χ0) is 34.6. The lowest BCUT2D eigenvalue weighted by Crippen LogP contribution is -2.54. The lowest BCUT2D eigenvalue weighted by molar-refractivity contribution is -0.288. The largest absolute Gasteiger partial charge is 0.454 e. The maximum absolute atomic E-state index is 14.6. The van der Waals surface area contributed by atoms with E-state index in [0.717, 1.165) is 0 Å². The van der Waals surface area contributed by atoms with E-state index in [-0.39, 0.29) is 11.1 Å². The molecule has 47 heavy (non-hydrogen) atoms. The molecule has 4 aromatic carbocycles. The van der Waals surface area contributed by atoms with Crippen molar-refractivity contribution in [3.8, 4) is 0 Å². The number of ether oxygens (including phenoxy) is 2. The number of alkyl halides is 6. The molecule has 0 heterocycles. The average molecular weight is 697 g/mol. The van der Waals surface area contributed by atoms with Crippen molar-refractivity contribution in [2.45, 2.75) is 17.8 Å². The molecule has 0 aromatic heterocycles. The highest BCUT2D eigenvalue weighted by Crippen LogP contribution is 2.56. The zero-order valence-electron chi connectivity index (χ0n) is 23.6.